The number of benzene rings is 2. The van der Waals surface area contributed by atoms with E-state index in [9.17, 15) is 19.5 Å². The fourth-order valence-corrected chi connectivity index (χ4v) is 6.07. The van der Waals surface area contributed by atoms with E-state index in [0.29, 0.717) is 34.4 Å². The van der Waals surface area contributed by atoms with Crippen molar-refractivity contribution in [1.82, 2.24) is 19.6 Å². The van der Waals surface area contributed by atoms with E-state index in [1.54, 1.807) is 28.0 Å². The summed E-state index contributed by atoms with van der Waals surface area (Å²) in [5, 5.41) is 10.9. The van der Waals surface area contributed by atoms with Crippen LogP contribution in [0.3, 0.4) is 0 Å². The maximum atomic E-state index is 13.8. The lowest BCUT2D eigenvalue weighted by atomic mass is 9.77. The zero-order valence-electron chi connectivity index (χ0n) is 24.0. The zero-order chi connectivity index (χ0) is 29.7. The number of carboxylic acids is 1. The summed E-state index contributed by atoms with van der Waals surface area (Å²) in [4.78, 5) is 49.3. The molecule has 2 saturated heterocycles. The third-order valence-corrected chi connectivity index (χ3v) is 8.47. The number of amides is 3. The van der Waals surface area contributed by atoms with Gasteiger partial charge in [-0.2, -0.15) is 0 Å². The smallest absolute Gasteiger partial charge is 0.324 e. The van der Waals surface area contributed by atoms with E-state index >= 15 is 0 Å². The van der Waals surface area contributed by atoms with Gasteiger partial charge in [0.05, 0.1) is 6.42 Å². The second kappa shape index (κ2) is 13.4. The molecule has 2 aliphatic rings. The van der Waals surface area contributed by atoms with Gasteiger partial charge in [0.2, 0.25) is 5.91 Å². The fourth-order valence-electron chi connectivity index (χ4n) is 5.60. The van der Waals surface area contributed by atoms with Crippen molar-refractivity contribution >= 4 is 46.8 Å². The molecule has 11 heteroatoms. The van der Waals surface area contributed by atoms with Crippen molar-refractivity contribution in [3.8, 4) is 0 Å². The molecule has 2 heterocycles. The van der Waals surface area contributed by atoms with Crippen LogP contribution in [-0.4, -0.2) is 109 Å². The van der Waals surface area contributed by atoms with Crippen molar-refractivity contribution in [3.05, 3.63) is 63.6 Å². The Morgan fingerprint density at radius 3 is 2.27 bits per heavy atom. The second-order valence-electron chi connectivity index (χ2n) is 11.6. The topological polar surface area (TPSA) is 87.6 Å². The highest BCUT2D eigenvalue weighted by Gasteiger charge is 2.47. The molecule has 2 fully saturated rings. The van der Waals surface area contributed by atoms with Gasteiger partial charge < -0.3 is 19.8 Å². The summed E-state index contributed by atoms with van der Waals surface area (Å²) < 4.78 is 0. The Kier molecular flexibility index (Phi) is 10.2. The van der Waals surface area contributed by atoms with Gasteiger partial charge in [-0.1, -0.05) is 47.0 Å². The number of carbonyl (C=O) groups excluding carboxylic acids is 2. The predicted octanol–water partition coefficient (Wildman–Crippen LogP) is 4.30. The van der Waals surface area contributed by atoms with E-state index in [2.05, 4.69) is 9.80 Å². The number of hydrogen-bond donors (Lipinski definition) is 1. The molecule has 1 atom stereocenters. The molecule has 0 radical (unpaired) electrons. The van der Waals surface area contributed by atoms with Crippen molar-refractivity contribution in [2.24, 2.45) is 5.41 Å². The second-order valence-corrected chi connectivity index (χ2v) is 12.4. The molecular weight excluding hydrogens is 565 g/mol. The van der Waals surface area contributed by atoms with Gasteiger partial charge in [-0.25, -0.2) is 4.79 Å². The Balaban J connectivity index is 1.60. The summed E-state index contributed by atoms with van der Waals surface area (Å²) in [6, 6.07) is 12.4. The van der Waals surface area contributed by atoms with Crippen LogP contribution in [0.5, 0.6) is 0 Å². The van der Waals surface area contributed by atoms with Crippen molar-refractivity contribution in [3.63, 3.8) is 0 Å². The zero-order valence-corrected chi connectivity index (χ0v) is 25.5. The predicted molar refractivity (Wildman–Crippen MR) is 162 cm³/mol. The quantitative estimate of drug-likeness (QED) is 0.436. The maximum Gasteiger partial charge on any atom is 0.324 e. The molecule has 1 unspecified atom stereocenters. The van der Waals surface area contributed by atoms with E-state index in [1.807, 2.05) is 50.2 Å². The SMILES string of the molecule is Cc1ccc(N2CC(CC(=O)O)(CC(=O)N3CCN(CCN(C)C)CC3)CN(Cc3ccc(Cl)cc3Cl)C2=O)cc1. The van der Waals surface area contributed by atoms with Crippen molar-refractivity contribution in [2.75, 3.05) is 71.4 Å². The first-order valence-electron chi connectivity index (χ1n) is 13.9. The molecule has 0 saturated carbocycles. The molecule has 2 aromatic carbocycles. The molecule has 2 aliphatic heterocycles. The number of carbonyl (C=O) groups is 3. The molecule has 1 N–H and O–H groups in total. The molecule has 0 bridgehead atoms. The van der Waals surface area contributed by atoms with E-state index in [1.165, 1.54) is 0 Å². The Bertz CT molecular complexity index is 1250. The van der Waals surface area contributed by atoms with Crippen molar-refractivity contribution < 1.29 is 19.5 Å². The van der Waals surface area contributed by atoms with Crippen LogP contribution in [-0.2, 0) is 16.1 Å². The Hall–Kier alpha value is -2.85. The Morgan fingerprint density at radius 2 is 1.66 bits per heavy atom. The molecule has 2 aromatic rings. The first-order chi connectivity index (χ1) is 19.4. The van der Waals surface area contributed by atoms with Gasteiger partial charge >= 0.3 is 12.0 Å². The number of halogens is 2. The van der Waals surface area contributed by atoms with Crippen LogP contribution in [0.1, 0.15) is 24.0 Å². The van der Waals surface area contributed by atoms with Gasteiger partial charge in [-0.05, 0) is 50.8 Å². The molecule has 4 rings (SSSR count). The number of aliphatic carboxylic acids is 1. The van der Waals surface area contributed by atoms with Crippen LogP contribution in [0.2, 0.25) is 10.0 Å². The normalized spacial score (nSPS) is 20.1. The van der Waals surface area contributed by atoms with Crippen LogP contribution in [0.25, 0.3) is 0 Å². The van der Waals surface area contributed by atoms with E-state index in [4.69, 9.17) is 23.2 Å². The van der Waals surface area contributed by atoms with Crippen LogP contribution in [0.15, 0.2) is 42.5 Å². The van der Waals surface area contributed by atoms with Crippen LogP contribution >= 0.6 is 23.2 Å². The molecule has 0 spiro atoms. The average Bonchev–Trinajstić information content (AvgIpc) is 2.91. The number of likely N-dealkylation sites (N-methyl/N-ethyl adjacent to an activating group) is 1. The molecule has 0 aliphatic carbocycles. The summed E-state index contributed by atoms with van der Waals surface area (Å²) in [5.74, 6) is -1.09. The van der Waals surface area contributed by atoms with Gasteiger partial charge in [-0.3, -0.25) is 19.4 Å². The summed E-state index contributed by atoms with van der Waals surface area (Å²) in [6.07, 6.45) is -0.223. The lowest BCUT2D eigenvalue weighted by Crippen LogP contribution is -2.60. The fraction of sp³-hybridized carbons (Fsp3) is 0.500. The minimum Gasteiger partial charge on any atom is -0.481 e. The summed E-state index contributed by atoms with van der Waals surface area (Å²) in [5.41, 5.74) is 1.39. The monoisotopic (exact) mass is 603 g/mol. The molecule has 3 amide bonds. The number of anilines is 1. The van der Waals surface area contributed by atoms with Crippen LogP contribution < -0.4 is 4.90 Å². The first kappa shape index (κ1) is 31.1. The number of carboxylic acid groups (broad SMARTS) is 1. The van der Waals surface area contributed by atoms with Crippen molar-refractivity contribution in [1.29, 1.82) is 0 Å². The van der Waals surface area contributed by atoms with Crippen LogP contribution in [0, 0.1) is 12.3 Å². The third kappa shape index (κ3) is 8.13. The van der Waals surface area contributed by atoms with Gasteiger partial charge in [0.1, 0.15) is 0 Å². The number of aryl methyl sites for hydroxylation is 1. The maximum absolute atomic E-state index is 13.8. The lowest BCUT2D eigenvalue weighted by Gasteiger charge is -2.48. The number of hydrogen-bond acceptors (Lipinski definition) is 5. The largest absolute Gasteiger partial charge is 0.481 e. The summed E-state index contributed by atoms with van der Waals surface area (Å²) in [6.45, 7) is 7.01. The van der Waals surface area contributed by atoms with Gasteiger partial charge in [-0.15, -0.1) is 0 Å². The molecule has 0 aromatic heterocycles. The Morgan fingerprint density at radius 1 is 0.976 bits per heavy atom. The van der Waals surface area contributed by atoms with Gasteiger partial charge in [0.15, 0.2) is 0 Å². The standard InChI is InChI=1S/C30H39Cl2N5O4/c1-22-4-8-25(9-5-22)37-21-30(18-28(39)40,17-27(38)35-14-12-34(13-15-35)11-10-33(2)3)20-36(29(37)41)19-23-6-7-24(31)16-26(23)32/h4-9,16H,10-15,17-21H2,1-3H3,(H,39,40). The molecule has 9 nitrogen and oxygen atoms in total. The van der Waals surface area contributed by atoms with Crippen molar-refractivity contribution in [2.45, 2.75) is 26.3 Å². The summed E-state index contributed by atoms with van der Waals surface area (Å²) >= 11 is 12.6. The van der Waals surface area contributed by atoms with E-state index in [0.717, 1.165) is 31.7 Å². The molecule has 41 heavy (non-hydrogen) atoms. The first-order valence-corrected chi connectivity index (χ1v) is 14.6. The number of rotatable bonds is 10. The molecule has 222 valence electrons. The minimum atomic E-state index is -1.01. The highest BCUT2D eigenvalue weighted by Crippen LogP contribution is 2.38. The van der Waals surface area contributed by atoms with Crippen LogP contribution in [0.4, 0.5) is 10.5 Å². The van der Waals surface area contributed by atoms with Gasteiger partial charge in [0, 0.05) is 86.5 Å². The average molecular weight is 605 g/mol. The molecular formula is C30H39Cl2N5O4. The van der Waals surface area contributed by atoms with E-state index in [-0.39, 0.29) is 44.4 Å². The van der Waals surface area contributed by atoms with Gasteiger partial charge in [0.25, 0.3) is 0 Å². The highest BCUT2D eigenvalue weighted by atomic mass is 35.5. The third-order valence-electron chi connectivity index (χ3n) is 7.88. The summed E-state index contributed by atoms with van der Waals surface area (Å²) in [7, 11) is 4.08. The number of urea groups is 1. The minimum absolute atomic E-state index is 0.0253. The Labute approximate surface area is 252 Å². The highest BCUT2D eigenvalue weighted by molar-refractivity contribution is 6.35. The number of nitrogens with zero attached hydrogens (tertiary/aromatic N) is 5. The lowest BCUT2D eigenvalue weighted by molar-refractivity contribution is -0.142. The van der Waals surface area contributed by atoms with E-state index < -0.39 is 11.4 Å². The number of piperazine rings is 1.